The fourth-order valence-electron chi connectivity index (χ4n) is 4.69. The number of hydrogen-bond donors (Lipinski definition) is 0. The Kier molecular flexibility index (Phi) is 5.26. The van der Waals surface area contributed by atoms with E-state index in [0.717, 1.165) is 68.4 Å². The van der Waals surface area contributed by atoms with Crippen molar-refractivity contribution in [1.29, 1.82) is 0 Å². The van der Waals surface area contributed by atoms with Crippen LogP contribution in [0.15, 0.2) is 6.33 Å². The highest BCUT2D eigenvalue weighted by Gasteiger charge is 2.27. The van der Waals surface area contributed by atoms with Crippen molar-refractivity contribution in [3.63, 3.8) is 0 Å². The lowest BCUT2D eigenvalue weighted by atomic mass is 10.1. The predicted octanol–water partition coefficient (Wildman–Crippen LogP) is 4.19. The summed E-state index contributed by atoms with van der Waals surface area (Å²) in [5.74, 6) is 2.27. The highest BCUT2D eigenvalue weighted by Crippen LogP contribution is 2.43. The second-order valence-corrected chi connectivity index (χ2v) is 8.94. The van der Waals surface area contributed by atoms with Gasteiger partial charge in [-0.05, 0) is 43.7 Å². The minimum absolute atomic E-state index is 0.791. The van der Waals surface area contributed by atoms with Crippen LogP contribution in [-0.2, 0) is 17.6 Å². The van der Waals surface area contributed by atoms with Crippen molar-refractivity contribution in [1.82, 2.24) is 15.0 Å². The van der Waals surface area contributed by atoms with E-state index in [1.165, 1.54) is 46.3 Å². The number of rotatable bonds is 6. The summed E-state index contributed by atoms with van der Waals surface area (Å²) in [6, 6.07) is 0. The van der Waals surface area contributed by atoms with E-state index in [9.17, 15) is 0 Å². The molecule has 2 aliphatic rings. The van der Waals surface area contributed by atoms with E-state index in [1.807, 2.05) is 0 Å². The number of aryl methyl sites for hydroxylation is 1. The smallest absolute Gasteiger partial charge is 0.150 e. The van der Waals surface area contributed by atoms with E-state index in [-0.39, 0.29) is 0 Å². The monoisotopic (exact) mass is 411 g/mol. The van der Waals surface area contributed by atoms with Gasteiger partial charge in [0, 0.05) is 31.6 Å². The molecule has 0 amide bonds. The number of hydrogen-bond acceptors (Lipinski definition) is 7. The number of nitrogens with zero attached hydrogens (tertiary/aromatic N) is 5. The van der Waals surface area contributed by atoms with E-state index >= 15 is 0 Å². The number of fused-ring (bicyclic) bond motifs is 5. The molecule has 0 spiro atoms. The molecule has 0 bridgehead atoms. The molecule has 154 valence electrons. The Morgan fingerprint density at radius 1 is 1.14 bits per heavy atom. The summed E-state index contributed by atoms with van der Waals surface area (Å²) in [6.45, 7) is 9.90. The Morgan fingerprint density at radius 2 is 1.97 bits per heavy atom. The molecule has 0 aromatic carbocycles. The molecule has 4 heterocycles. The largest absolute Gasteiger partial charge is 0.378 e. The Hall–Kier alpha value is -1.99. The number of unbranched alkanes of at least 4 members (excludes halogenated alkanes) is 1. The van der Waals surface area contributed by atoms with Crippen molar-refractivity contribution in [2.75, 3.05) is 49.2 Å². The van der Waals surface area contributed by atoms with Gasteiger partial charge in [-0.1, -0.05) is 13.3 Å². The molecule has 0 radical (unpaired) electrons. The lowest BCUT2D eigenvalue weighted by Crippen LogP contribution is -2.37. The van der Waals surface area contributed by atoms with Gasteiger partial charge in [-0.15, -0.1) is 11.3 Å². The van der Waals surface area contributed by atoms with Crippen molar-refractivity contribution < 1.29 is 4.74 Å². The highest BCUT2D eigenvalue weighted by molar-refractivity contribution is 7.26. The van der Waals surface area contributed by atoms with Crippen LogP contribution < -0.4 is 9.80 Å². The first-order valence-corrected chi connectivity index (χ1v) is 11.8. The second kappa shape index (κ2) is 8.03. The Bertz CT molecular complexity index is 1030. The van der Waals surface area contributed by atoms with Crippen LogP contribution in [0, 0.1) is 0 Å². The summed E-state index contributed by atoms with van der Waals surface area (Å²) in [5, 5.41) is 1.28. The maximum Gasteiger partial charge on any atom is 0.150 e. The lowest BCUT2D eigenvalue weighted by molar-refractivity contribution is 0.122. The molecule has 7 heteroatoms. The van der Waals surface area contributed by atoms with Gasteiger partial charge in [0.2, 0.25) is 0 Å². The SMILES string of the molecule is CCCCN(CC)c1ncnc2c1sc1nc(N3CCOCC3)c3c(c12)CCC3. The van der Waals surface area contributed by atoms with Crippen LogP contribution in [0.1, 0.15) is 44.2 Å². The lowest BCUT2D eigenvalue weighted by Gasteiger charge is -2.29. The molecule has 1 fully saturated rings. The van der Waals surface area contributed by atoms with Crippen LogP contribution in [0.4, 0.5) is 11.6 Å². The number of thiophene rings is 1. The molecule has 3 aromatic heterocycles. The molecule has 0 N–H and O–H groups in total. The summed E-state index contributed by atoms with van der Waals surface area (Å²) in [4.78, 5) is 20.6. The molecule has 0 unspecified atom stereocenters. The van der Waals surface area contributed by atoms with Gasteiger partial charge in [-0.25, -0.2) is 15.0 Å². The first kappa shape index (κ1) is 19.0. The molecule has 1 saturated heterocycles. The number of morpholine rings is 1. The van der Waals surface area contributed by atoms with Crippen molar-refractivity contribution in [3.8, 4) is 0 Å². The van der Waals surface area contributed by atoms with Gasteiger partial charge in [-0.2, -0.15) is 0 Å². The molecule has 1 aliphatic carbocycles. The average molecular weight is 412 g/mol. The summed E-state index contributed by atoms with van der Waals surface area (Å²) in [6.07, 6.45) is 7.58. The molecule has 29 heavy (non-hydrogen) atoms. The molecular weight excluding hydrogens is 382 g/mol. The number of ether oxygens (including phenoxy) is 1. The van der Waals surface area contributed by atoms with Crippen molar-refractivity contribution in [2.24, 2.45) is 0 Å². The highest BCUT2D eigenvalue weighted by atomic mass is 32.1. The third-order valence-corrected chi connectivity index (χ3v) is 7.27. The van der Waals surface area contributed by atoms with Crippen molar-refractivity contribution in [2.45, 2.75) is 46.0 Å². The van der Waals surface area contributed by atoms with Crippen LogP contribution in [0.3, 0.4) is 0 Å². The van der Waals surface area contributed by atoms with Gasteiger partial charge in [-0.3, -0.25) is 0 Å². The average Bonchev–Trinajstić information content (AvgIpc) is 3.39. The van der Waals surface area contributed by atoms with Gasteiger partial charge in [0.15, 0.2) is 0 Å². The normalized spacial score (nSPS) is 16.7. The van der Waals surface area contributed by atoms with Crippen molar-refractivity contribution in [3.05, 3.63) is 17.5 Å². The second-order valence-electron chi connectivity index (χ2n) is 7.94. The first-order chi connectivity index (χ1) is 14.3. The van der Waals surface area contributed by atoms with E-state index in [1.54, 1.807) is 17.7 Å². The third-order valence-electron chi connectivity index (χ3n) is 6.20. The third kappa shape index (κ3) is 3.24. The molecular formula is C22H29N5OS. The quantitative estimate of drug-likeness (QED) is 0.606. The molecule has 0 saturated carbocycles. The zero-order valence-corrected chi connectivity index (χ0v) is 18.2. The van der Waals surface area contributed by atoms with E-state index < -0.39 is 0 Å². The summed E-state index contributed by atoms with van der Waals surface area (Å²) in [7, 11) is 0. The van der Waals surface area contributed by atoms with Crippen LogP contribution in [0.25, 0.3) is 20.4 Å². The van der Waals surface area contributed by atoms with E-state index in [0.29, 0.717) is 0 Å². The Labute approximate surface area is 175 Å². The Morgan fingerprint density at radius 3 is 2.76 bits per heavy atom. The van der Waals surface area contributed by atoms with Gasteiger partial charge in [0.1, 0.15) is 22.8 Å². The number of aromatic nitrogens is 3. The zero-order valence-electron chi connectivity index (χ0n) is 17.4. The maximum atomic E-state index is 5.57. The zero-order chi connectivity index (χ0) is 19.8. The van der Waals surface area contributed by atoms with Gasteiger partial charge in [0.05, 0.1) is 23.4 Å². The van der Waals surface area contributed by atoms with Gasteiger partial charge >= 0.3 is 0 Å². The number of pyridine rings is 1. The first-order valence-electron chi connectivity index (χ1n) is 11.0. The molecule has 6 nitrogen and oxygen atoms in total. The predicted molar refractivity (Wildman–Crippen MR) is 121 cm³/mol. The minimum Gasteiger partial charge on any atom is -0.378 e. The standard InChI is InChI=1S/C22H29N5OS/c1-3-5-9-26(4-2)21-19-18(23-14-24-21)17-15-7-6-8-16(15)20(25-22(17)29-19)27-10-12-28-13-11-27/h14H,3-13H2,1-2H3. The maximum absolute atomic E-state index is 5.57. The van der Waals surface area contributed by atoms with Crippen LogP contribution in [-0.4, -0.2) is 54.3 Å². The van der Waals surface area contributed by atoms with Crippen LogP contribution >= 0.6 is 11.3 Å². The van der Waals surface area contributed by atoms with Crippen LogP contribution in [0.2, 0.25) is 0 Å². The van der Waals surface area contributed by atoms with E-state index in [2.05, 4.69) is 23.6 Å². The fraction of sp³-hybridized carbons (Fsp3) is 0.591. The molecule has 5 rings (SSSR count). The molecule has 0 atom stereocenters. The fourth-order valence-corrected chi connectivity index (χ4v) is 5.86. The Balaban J connectivity index is 1.68. The minimum atomic E-state index is 0.791. The van der Waals surface area contributed by atoms with Gasteiger partial charge in [0.25, 0.3) is 0 Å². The van der Waals surface area contributed by atoms with Gasteiger partial charge < -0.3 is 14.5 Å². The molecule has 1 aliphatic heterocycles. The topological polar surface area (TPSA) is 54.4 Å². The number of anilines is 2. The van der Waals surface area contributed by atoms with E-state index in [4.69, 9.17) is 19.7 Å². The van der Waals surface area contributed by atoms with Crippen LogP contribution in [0.5, 0.6) is 0 Å². The summed E-state index contributed by atoms with van der Waals surface area (Å²) >= 11 is 1.77. The molecule has 3 aromatic rings. The van der Waals surface area contributed by atoms with Crippen molar-refractivity contribution >= 4 is 43.4 Å². The summed E-state index contributed by atoms with van der Waals surface area (Å²) < 4.78 is 6.77. The summed E-state index contributed by atoms with van der Waals surface area (Å²) in [5.41, 5.74) is 4.02.